The van der Waals surface area contributed by atoms with E-state index in [1.54, 1.807) is 36.3 Å². The molecular weight excluding hydrogens is 244 g/mol. The van der Waals surface area contributed by atoms with Crippen LogP contribution in [0.5, 0.6) is 5.75 Å². The van der Waals surface area contributed by atoms with Gasteiger partial charge >= 0.3 is 0 Å². The van der Waals surface area contributed by atoms with Crippen LogP contribution in [-0.4, -0.2) is 42.2 Å². The Labute approximate surface area is 113 Å². The zero-order valence-electron chi connectivity index (χ0n) is 11.1. The number of aliphatic hydroxyl groups excluding tert-OH is 1. The molecule has 0 aliphatic carbocycles. The minimum Gasteiger partial charge on any atom is -0.497 e. The quantitative estimate of drug-likeness (QED) is 0.838. The van der Waals surface area contributed by atoms with Gasteiger partial charge in [0.05, 0.1) is 7.11 Å². The molecule has 2 unspecified atom stereocenters. The Balaban J connectivity index is 2.04. The molecule has 0 saturated carbocycles. The van der Waals surface area contributed by atoms with Crippen molar-refractivity contribution in [1.29, 1.82) is 0 Å². The summed E-state index contributed by atoms with van der Waals surface area (Å²) in [5.74, 6) is 0.524. The molecule has 1 saturated heterocycles. The van der Waals surface area contributed by atoms with Gasteiger partial charge in [-0.1, -0.05) is 12.1 Å². The van der Waals surface area contributed by atoms with E-state index in [0.29, 0.717) is 11.3 Å². The Kier molecular flexibility index (Phi) is 4.39. The van der Waals surface area contributed by atoms with Crippen LogP contribution in [0.1, 0.15) is 24.5 Å². The van der Waals surface area contributed by atoms with Crippen LogP contribution in [0.3, 0.4) is 0 Å². The highest BCUT2D eigenvalue weighted by Crippen LogP contribution is 2.21. The van der Waals surface area contributed by atoms with Crippen molar-refractivity contribution in [2.75, 3.05) is 20.2 Å². The highest BCUT2D eigenvalue weighted by atomic mass is 16.5. The molecule has 19 heavy (non-hydrogen) atoms. The Morgan fingerprint density at radius 2 is 1.89 bits per heavy atom. The van der Waals surface area contributed by atoms with Gasteiger partial charge in [-0.05, 0) is 30.5 Å². The topological polar surface area (TPSA) is 75.8 Å². The van der Waals surface area contributed by atoms with Crippen molar-refractivity contribution in [3.63, 3.8) is 0 Å². The first kappa shape index (κ1) is 13.8. The number of aliphatic hydroxyl groups is 1. The summed E-state index contributed by atoms with van der Waals surface area (Å²) in [7, 11) is 1.58. The maximum atomic E-state index is 12.1. The number of ether oxygens (including phenoxy) is 1. The van der Waals surface area contributed by atoms with E-state index < -0.39 is 12.1 Å². The summed E-state index contributed by atoms with van der Waals surface area (Å²) in [6, 6.07) is 6.02. The van der Waals surface area contributed by atoms with Gasteiger partial charge in [-0.15, -0.1) is 0 Å². The second kappa shape index (κ2) is 6.04. The van der Waals surface area contributed by atoms with E-state index in [9.17, 15) is 9.90 Å². The highest BCUT2D eigenvalue weighted by Gasteiger charge is 2.29. The van der Waals surface area contributed by atoms with E-state index in [4.69, 9.17) is 10.5 Å². The monoisotopic (exact) mass is 264 g/mol. The third-order valence-corrected chi connectivity index (χ3v) is 3.50. The molecule has 1 aromatic carbocycles. The maximum Gasteiger partial charge on any atom is 0.242 e. The van der Waals surface area contributed by atoms with Crippen LogP contribution in [0.25, 0.3) is 0 Å². The lowest BCUT2D eigenvalue weighted by atomic mass is 10.0. The van der Waals surface area contributed by atoms with Gasteiger partial charge in [0, 0.05) is 13.1 Å². The van der Waals surface area contributed by atoms with E-state index in [0.717, 1.165) is 25.9 Å². The zero-order valence-corrected chi connectivity index (χ0v) is 11.1. The zero-order chi connectivity index (χ0) is 13.8. The van der Waals surface area contributed by atoms with Gasteiger partial charge in [0.15, 0.2) is 0 Å². The van der Waals surface area contributed by atoms with Gasteiger partial charge in [-0.3, -0.25) is 4.79 Å². The smallest absolute Gasteiger partial charge is 0.242 e. The number of carbonyl (C=O) groups excluding carboxylic acids is 1. The van der Waals surface area contributed by atoms with Crippen molar-refractivity contribution in [3.8, 4) is 5.75 Å². The van der Waals surface area contributed by atoms with Crippen molar-refractivity contribution < 1.29 is 14.6 Å². The molecule has 104 valence electrons. The molecule has 5 nitrogen and oxygen atoms in total. The number of methoxy groups -OCH3 is 1. The van der Waals surface area contributed by atoms with Crippen molar-refractivity contribution in [1.82, 2.24) is 4.90 Å². The average Bonchev–Trinajstić information content (AvgIpc) is 2.99. The molecule has 0 aromatic heterocycles. The Morgan fingerprint density at radius 3 is 2.42 bits per heavy atom. The van der Waals surface area contributed by atoms with Gasteiger partial charge in [0.1, 0.15) is 17.9 Å². The van der Waals surface area contributed by atoms with Gasteiger partial charge in [0.2, 0.25) is 5.91 Å². The number of hydrogen-bond acceptors (Lipinski definition) is 4. The van der Waals surface area contributed by atoms with Crippen LogP contribution in [0.4, 0.5) is 0 Å². The van der Waals surface area contributed by atoms with E-state index in [-0.39, 0.29) is 5.91 Å². The van der Waals surface area contributed by atoms with Crippen LogP contribution >= 0.6 is 0 Å². The molecule has 1 aliphatic heterocycles. The second-order valence-corrected chi connectivity index (χ2v) is 4.78. The first-order chi connectivity index (χ1) is 9.13. The van der Waals surface area contributed by atoms with Crippen molar-refractivity contribution in [2.24, 2.45) is 5.73 Å². The van der Waals surface area contributed by atoms with E-state index in [1.165, 1.54) is 0 Å². The van der Waals surface area contributed by atoms with E-state index in [1.807, 2.05) is 0 Å². The summed E-state index contributed by atoms with van der Waals surface area (Å²) in [4.78, 5) is 13.8. The van der Waals surface area contributed by atoms with Crippen molar-refractivity contribution in [3.05, 3.63) is 29.8 Å². The standard InChI is InChI=1S/C14H20N2O3/c1-19-11-6-4-10(5-7-11)13(17)12(15)14(18)16-8-2-3-9-16/h4-7,12-13,17H,2-3,8-9,15H2,1H3. The predicted molar refractivity (Wildman–Crippen MR) is 71.7 cm³/mol. The first-order valence-electron chi connectivity index (χ1n) is 6.50. The maximum absolute atomic E-state index is 12.1. The van der Waals surface area contributed by atoms with Gasteiger partial charge in [-0.25, -0.2) is 0 Å². The lowest BCUT2D eigenvalue weighted by molar-refractivity contribution is -0.134. The fourth-order valence-electron chi connectivity index (χ4n) is 2.29. The number of rotatable bonds is 4. The molecule has 1 aromatic rings. The molecular formula is C14H20N2O3. The lowest BCUT2D eigenvalue weighted by Gasteiger charge is -2.24. The molecule has 2 atom stereocenters. The first-order valence-corrected chi connectivity index (χ1v) is 6.50. The molecule has 1 aliphatic rings. The molecule has 0 bridgehead atoms. The number of hydrogen-bond donors (Lipinski definition) is 2. The van der Waals surface area contributed by atoms with Crippen LogP contribution in [0, 0.1) is 0 Å². The van der Waals surface area contributed by atoms with Crippen LogP contribution < -0.4 is 10.5 Å². The largest absolute Gasteiger partial charge is 0.497 e. The van der Waals surface area contributed by atoms with Gasteiger partial charge < -0.3 is 20.5 Å². The number of nitrogens with zero attached hydrogens (tertiary/aromatic N) is 1. The molecule has 1 fully saturated rings. The third kappa shape index (κ3) is 3.05. The lowest BCUT2D eigenvalue weighted by Crippen LogP contribution is -2.45. The molecule has 1 heterocycles. The normalized spacial score (nSPS) is 18.2. The minimum atomic E-state index is -0.987. The number of benzene rings is 1. The number of carbonyl (C=O) groups is 1. The van der Waals surface area contributed by atoms with E-state index >= 15 is 0 Å². The van der Waals surface area contributed by atoms with Gasteiger partial charge in [-0.2, -0.15) is 0 Å². The third-order valence-electron chi connectivity index (χ3n) is 3.50. The molecule has 2 rings (SSSR count). The summed E-state index contributed by atoms with van der Waals surface area (Å²) in [6.07, 6.45) is 1.03. The fraction of sp³-hybridized carbons (Fsp3) is 0.500. The Hall–Kier alpha value is -1.59. The molecule has 3 N–H and O–H groups in total. The van der Waals surface area contributed by atoms with Crippen molar-refractivity contribution in [2.45, 2.75) is 25.0 Å². The predicted octanol–water partition coefficient (Wildman–Crippen LogP) is 0.678. The number of amides is 1. The summed E-state index contributed by atoms with van der Waals surface area (Å²) in [6.45, 7) is 1.48. The van der Waals surface area contributed by atoms with E-state index in [2.05, 4.69) is 0 Å². The fourth-order valence-corrected chi connectivity index (χ4v) is 2.29. The summed E-state index contributed by atoms with van der Waals surface area (Å²) < 4.78 is 5.05. The number of nitrogens with two attached hydrogens (primary N) is 1. The number of likely N-dealkylation sites (tertiary alicyclic amines) is 1. The Morgan fingerprint density at radius 1 is 1.32 bits per heavy atom. The second-order valence-electron chi connectivity index (χ2n) is 4.78. The van der Waals surface area contributed by atoms with Crippen LogP contribution in [-0.2, 0) is 4.79 Å². The SMILES string of the molecule is COc1ccc(C(O)C(N)C(=O)N2CCCC2)cc1. The van der Waals surface area contributed by atoms with Gasteiger partial charge in [0.25, 0.3) is 0 Å². The molecule has 0 spiro atoms. The van der Waals surface area contributed by atoms with Crippen molar-refractivity contribution >= 4 is 5.91 Å². The molecule has 0 radical (unpaired) electrons. The van der Waals surface area contributed by atoms with Crippen LogP contribution in [0.15, 0.2) is 24.3 Å². The summed E-state index contributed by atoms with van der Waals surface area (Å²) in [5, 5.41) is 10.2. The van der Waals surface area contributed by atoms with Crippen LogP contribution in [0.2, 0.25) is 0 Å². The minimum absolute atomic E-state index is 0.180. The Bertz CT molecular complexity index is 427. The summed E-state index contributed by atoms with van der Waals surface area (Å²) >= 11 is 0. The highest BCUT2D eigenvalue weighted by molar-refractivity contribution is 5.82. The average molecular weight is 264 g/mol. The molecule has 1 amide bonds. The molecule has 5 heteroatoms. The summed E-state index contributed by atoms with van der Waals surface area (Å²) in [5.41, 5.74) is 6.50.